The van der Waals surface area contributed by atoms with Gasteiger partial charge in [-0.2, -0.15) is 0 Å². The molecule has 3 rings (SSSR count). The van der Waals surface area contributed by atoms with Crippen LogP contribution in [0.4, 0.5) is 4.39 Å². The van der Waals surface area contributed by atoms with Crippen LogP contribution in [0.5, 0.6) is 0 Å². The lowest BCUT2D eigenvalue weighted by Crippen LogP contribution is -2.48. The number of aryl methyl sites for hydroxylation is 1. The van der Waals surface area contributed by atoms with Crippen LogP contribution in [0, 0.1) is 18.7 Å². The third-order valence-electron chi connectivity index (χ3n) is 4.76. The Kier molecular flexibility index (Phi) is 5.89. The molecule has 1 saturated heterocycles. The topological polar surface area (TPSA) is 15.3 Å². The summed E-state index contributed by atoms with van der Waals surface area (Å²) in [6, 6.07) is 3.50. The first-order chi connectivity index (χ1) is 9.68. The average molecular weight is 333 g/mol. The number of piperazine rings is 1. The molecule has 0 radical (unpaired) electrons. The minimum Gasteiger partial charge on any atom is -0.314 e. The predicted molar refractivity (Wildman–Crippen MR) is 87.9 cm³/mol. The number of nitrogens with zero attached hydrogens (tertiary/aromatic N) is 1. The van der Waals surface area contributed by atoms with Gasteiger partial charge in [-0.1, -0.05) is 24.1 Å². The summed E-state index contributed by atoms with van der Waals surface area (Å²) in [4.78, 5) is 2.42. The van der Waals surface area contributed by atoms with Gasteiger partial charge in [0.2, 0.25) is 0 Å². The van der Waals surface area contributed by atoms with Crippen LogP contribution in [0.2, 0.25) is 5.02 Å². The van der Waals surface area contributed by atoms with E-state index in [9.17, 15) is 4.39 Å². The zero-order valence-electron chi connectivity index (χ0n) is 12.4. The van der Waals surface area contributed by atoms with Gasteiger partial charge in [0.05, 0.1) is 5.02 Å². The molecule has 1 N–H and O–H groups in total. The van der Waals surface area contributed by atoms with Crippen molar-refractivity contribution in [2.24, 2.45) is 5.92 Å². The highest BCUT2D eigenvalue weighted by atomic mass is 35.5. The Morgan fingerprint density at radius 2 is 1.95 bits per heavy atom. The number of hydrogen-bond donors (Lipinski definition) is 1. The monoisotopic (exact) mass is 332 g/mol. The lowest BCUT2D eigenvalue weighted by Gasteiger charge is -2.43. The van der Waals surface area contributed by atoms with Crippen LogP contribution in [-0.4, -0.2) is 31.1 Å². The highest BCUT2D eigenvalue weighted by Gasteiger charge is 2.36. The molecular formula is C16H23Cl2FN2. The Labute approximate surface area is 137 Å². The Morgan fingerprint density at radius 1 is 1.29 bits per heavy atom. The van der Waals surface area contributed by atoms with Gasteiger partial charge in [-0.25, -0.2) is 4.39 Å². The second-order valence-electron chi connectivity index (χ2n) is 6.01. The number of hydrogen-bond acceptors (Lipinski definition) is 2. The normalized spacial score (nSPS) is 21.5. The number of halogens is 3. The molecule has 5 heteroatoms. The first-order valence-corrected chi connectivity index (χ1v) is 7.95. The van der Waals surface area contributed by atoms with Crippen LogP contribution in [0.25, 0.3) is 0 Å². The van der Waals surface area contributed by atoms with Crippen LogP contribution in [0.1, 0.15) is 36.4 Å². The van der Waals surface area contributed by atoms with Crippen molar-refractivity contribution >= 4 is 24.0 Å². The van der Waals surface area contributed by atoms with E-state index in [4.69, 9.17) is 11.6 Å². The van der Waals surface area contributed by atoms with Crippen molar-refractivity contribution in [2.75, 3.05) is 26.2 Å². The molecule has 0 bridgehead atoms. The summed E-state index contributed by atoms with van der Waals surface area (Å²) < 4.78 is 14.4. The molecule has 1 atom stereocenters. The fourth-order valence-electron chi connectivity index (χ4n) is 3.38. The molecule has 1 saturated carbocycles. The third-order valence-corrected chi connectivity index (χ3v) is 5.26. The molecule has 2 nitrogen and oxygen atoms in total. The summed E-state index contributed by atoms with van der Waals surface area (Å²) in [5.41, 5.74) is 1.71. The van der Waals surface area contributed by atoms with Gasteiger partial charge in [0.1, 0.15) is 5.82 Å². The minimum absolute atomic E-state index is 0. The lowest BCUT2D eigenvalue weighted by molar-refractivity contribution is 0.0812. The smallest absolute Gasteiger partial charge is 0.129 e. The summed E-state index contributed by atoms with van der Waals surface area (Å²) in [6.07, 6.45) is 3.65. The molecule has 0 spiro atoms. The van der Waals surface area contributed by atoms with E-state index in [1.54, 1.807) is 12.1 Å². The van der Waals surface area contributed by atoms with Gasteiger partial charge in [0, 0.05) is 37.8 Å². The van der Waals surface area contributed by atoms with E-state index in [2.05, 4.69) is 10.2 Å². The quantitative estimate of drug-likeness (QED) is 0.901. The Morgan fingerprint density at radius 3 is 2.52 bits per heavy atom. The zero-order chi connectivity index (χ0) is 14.1. The molecule has 1 aliphatic heterocycles. The van der Waals surface area contributed by atoms with E-state index in [-0.39, 0.29) is 24.3 Å². The molecule has 0 unspecified atom stereocenters. The minimum atomic E-state index is -0.143. The van der Waals surface area contributed by atoms with E-state index < -0.39 is 0 Å². The van der Waals surface area contributed by atoms with Crippen LogP contribution in [-0.2, 0) is 0 Å². The van der Waals surface area contributed by atoms with E-state index in [0.29, 0.717) is 10.9 Å². The van der Waals surface area contributed by atoms with Crippen LogP contribution >= 0.6 is 24.0 Å². The van der Waals surface area contributed by atoms with Crippen molar-refractivity contribution in [1.29, 1.82) is 0 Å². The van der Waals surface area contributed by atoms with Crippen molar-refractivity contribution in [3.05, 3.63) is 34.1 Å². The summed E-state index contributed by atoms with van der Waals surface area (Å²) in [5, 5.41) is 3.99. The zero-order valence-corrected chi connectivity index (χ0v) is 13.9. The molecule has 0 amide bonds. The SMILES string of the molecule is Cc1ccc(F)c([C@H](C2CCC2)N2CCNCC2)c1Cl.Cl. The van der Waals surface area contributed by atoms with E-state index in [1.807, 2.05) is 6.92 Å². The molecule has 2 fully saturated rings. The van der Waals surface area contributed by atoms with E-state index in [1.165, 1.54) is 19.3 Å². The van der Waals surface area contributed by atoms with E-state index >= 15 is 0 Å². The molecule has 1 aliphatic carbocycles. The Hall–Kier alpha value is -0.350. The molecule has 118 valence electrons. The second kappa shape index (κ2) is 7.28. The average Bonchev–Trinajstić information content (AvgIpc) is 2.41. The van der Waals surface area contributed by atoms with Gasteiger partial charge in [0.25, 0.3) is 0 Å². The second-order valence-corrected chi connectivity index (χ2v) is 6.39. The maximum absolute atomic E-state index is 14.4. The highest BCUT2D eigenvalue weighted by Crippen LogP contribution is 2.45. The number of benzene rings is 1. The first kappa shape index (κ1) is 17.0. The van der Waals surface area contributed by atoms with Crippen LogP contribution < -0.4 is 5.32 Å². The fraction of sp³-hybridized carbons (Fsp3) is 0.625. The maximum Gasteiger partial charge on any atom is 0.129 e. The number of nitrogens with one attached hydrogen (secondary N) is 1. The van der Waals surface area contributed by atoms with Crippen molar-refractivity contribution in [3.8, 4) is 0 Å². The Balaban J connectivity index is 0.00000161. The fourth-order valence-corrected chi connectivity index (χ4v) is 3.65. The van der Waals surface area contributed by atoms with Crippen molar-refractivity contribution in [1.82, 2.24) is 10.2 Å². The lowest BCUT2D eigenvalue weighted by atomic mass is 9.76. The van der Waals surface area contributed by atoms with Crippen LogP contribution in [0.15, 0.2) is 12.1 Å². The van der Waals surface area contributed by atoms with Gasteiger partial charge >= 0.3 is 0 Å². The van der Waals surface area contributed by atoms with Crippen molar-refractivity contribution in [3.63, 3.8) is 0 Å². The van der Waals surface area contributed by atoms with Gasteiger partial charge in [0.15, 0.2) is 0 Å². The van der Waals surface area contributed by atoms with Gasteiger partial charge in [-0.15, -0.1) is 12.4 Å². The van der Waals surface area contributed by atoms with E-state index in [0.717, 1.165) is 37.3 Å². The summed E-state index contributed by atoms with van der Waals surface area (Å²) in [7, 11) is 0. The molecule has 1 heterocycles. The summed E-state index contributed by atoms with van der Waals surface area (Å²) in [5.74, 6) is 0.415. The van der Waals surface area contributed by atoms with Gasteiger partial charge in [-0.05, 0) is 37.3 Å². The first-order valence-electron chi connectivity index (χ1n) is 7.57. The molecule has 2 aliphatic rings. The molecule has 0 aromatic heterocycles. The molecular weight excluding hydrogens is 310 g/mol. The van der Waals surface area contributed by atoms with Crippen molar-refractivity contribution in [2.45, 2.75) is 32.2 Å². The predicted octanol–water partition coefficient (Wildman–Crippen LogP) is 3.96. The summed E-state index contributed by atoms with van der Waals surface area (Å²) in [6.45, 7) is 5.87. The number of rotatable bonds is 3. The molecule has 1 aromatic rings. The summed E-state index contributed by atoms with van der Waals surface area (Å²) >= 11 is 6.46. The Bertz CT molecular complexity index is 485. The molecule has 21 heavy (non-hydrogen) atoms. The highest BCUT2D eigenvalue weighted by molar-refractivity contribution is 6.32. The van der Waals surface area contributed by atoms with Gasteiger partial charge in [-0.3, -0.25) is 4.90 Å². The molecule has 1 aromatic carbocycles. The standard InChI is InChI=1S/C16H22ClFN2.ClH/c1-11-5-6-13(18)14(15(11)17)16(12-3-2-4-12)20-9-7-19-8-10-20;/h5-6,12,16,19H,2-4,7-10H2,1H3;1H/t16-;/m0./s1. The maximum atomic E-state index is 14.4. The van der Waals surface area contributed by atoms with Crippen molar-refractivity contribution < 1.29 is 4.39 Å². The largest absolute Gasteiger partial charge is 0.314 e. The van der Waals surface area contributed by atoms with Gasteiger partial charge < -0.3 is 5.32 Å². The van der Waals surface area contributed by atoms with Crippen LogP contribution in [0.3, 0.4) is 0 Å². The third kappa shape index (κ3) is 3.37.